The first kappa shape index (κ1) is 27.5. The molecule has 0 spiro atoms. The Morgan fingerprint density at radius 2 is 1.46 bits per heavy atom. The number of likely N-dealkylation sites (tertiary alicyclic amines) is 1. The van der Waals surface area contributed by atoms with Crippen LogP contribution >= 0.6 is 11.6 Å². The van der Waals surface area contributed by atoms with Gasteiger partial charge in [-0.15, -0.1) is 0 Å². The zero-order chi connectivity index (χ0) is 26.2. The number of piperidine rings is 1. The molecule has 1 saturated heterocycles. The maximum atomic E-state index is 13.6. The van der Waals surface area contributed by atoms with Crippen LogP contribution in [-0.2, 0) is 20.7 Å². The van der Waals surface area contributed by atoms with Crippen molar-refractivity contribution in [1.29, 1.82) is 0 Å². The lowest BCUT2D eigenvalue weighted by Crippen LogP contribution is -2.40. The Balaban J connectivity index is 1.78. The molecule has 3 rings (SSSR count). The van der Waals surface area contributed by atoms with E-state index in [2.05, 4.69) is 41.5 Å². The molecule has 1 aliphatic heterocycles. The van der Waals surface area contributed by atoms with E-state index >= 15 is 0 Å². The summed E-state index contributed by atoms with van der Waals surface area (Å²) in [5.41, 5.74) is 2.31. The number of hydrogen-bond donors (Lipinski definition) is 0. The summed E-state index contributed by atoms with van der Waals surface area (Å²) in [6, 6.07) is 10.2. The summed E-state index contributed by atoms with van der Waals surface area (Å²) in [6.45, 7) is 13.8. The lowest BCUT2D eigenvalue weighted by molar-refractivity contribution is 0.0698. The number of hydrogen-bond acceptors (Lipinski definition) is 4. The molecule has 0 atom stereocenters. The quantitative estimate of drug-likeness (QED) is 0.467. The molecule has 0 aromatic heterocycles. The first-order valence-corrected chi connectivity index (χ1v) is 14.2. The number of amides is 1. The first-order valence-electron chi connectivity index (χ1n) is 12.1. The highest BCUT2D eigenvalue weighted by molar-refractivity contribution is 7.91. The van der Waals surface area contributed by atoms with Crippen molar-refractivity contribution in [2.24, 2.45) is 5.92 Å². The van der Waals surface area contributed by atoms with E-state index in [0.29, 0.717) is 41.4 Å². The number of ether oxygens (including phenoxy) is 1. The summed E-state index contributed by atoms with van der Waals surface area (Å²) in [5.74, 6) is 0.933. The highest BCUT2D eigenvalue weighted by Crippen LogP contribution is 2.41. The Hall–Kier alpha value is -2.05. The molecule has 7 heteroatoms. The maximum absolute atomic E-state index is 13.6. The fourth-order valence-corrected chi connectivity index (χ4v) is 6.44. The lowest BCUT2D eigenvalue weighted by atomic mass is 9.78. The lowest BCUT2D eigenvalue weighted by Gasteiger charge is -2.33. The molecular weight excluding hydrogens is 482 g/mol. The molecule has 2 aromatic carbocycles. The van der Waals surface area contributed by atoms with Crippen LogP contribution < -0.4 is 4.74 Å². The summed E-state index contributed by atoms with van der Waals surface area (Å²) < 4.78 is 31.5. The first-order chi connectivity index (χ1) is 16.1. The molecule has 1 heterocycles. The van der Waals surface area contributed by atoms with Gasteiger partial charge < -0.3 is 9.64 Å². The van der Waals surface area contributed by atoms with Gasteiger partial charge in [-0.05, 0) is 66.0 Å². The van der Waals surface area contributed by atoms with Gasteiger partial charge in [-0.1, -0.05) is 53.1 Å². The largest absolute Gasteiger partial charge is 0.496 e. The smallest absolute Gasteiger partial charge is 0.253 e. The van der Waals surface area contributed by atoms with Gasteiger partial charge in [0.2, 0.25) is 0 Å². The minimum Gasteiger partial charge on any atom is -0.496 e. The van der Waals surface area contributed by atoms with Crippen LogP contribution in [0, 0.1) is 5.92 Å². The van der Waals surface area contributed by atoms with Crippen molar-refractivity contribution < 1.29 is 17.9 Å². The van der Waals surface area contributed by atoms with Crippen LogP contribution in [0.2, 0.25) is 5.02 Å². The molecule has 1 amide bonds. The molecule has 0 radical (unpaired) electrons. The van der Waals surface area contributed by atoms with Crippen LogP contribution in [0.25, 0.3) is 0 Å². The van der Waals surface area contributed by atoms with Gasteiger partial charge in [-0.3, -0.25) is 4.79 Å². The molecule has 0 unspecified atom stereocenters. The van der Waals surface area contributed by atoms with Gasteiger partial charge in [0.1, 0.15) is 5.75 Å². The summed E-state index contributed by atoms with van der Waals surface area (Å²) in [6.07, 6.45) is 1.32. The fraction of sp³-hybridized carbons (Fsp3) is 0.536. The van der Waals surface area contributed by atoms with E-state index in [1.54, 1.807) is 31.4 Å². The standard InChI is InChI=1S/C28H38ClNO4S/c1-27(2,3)23-16-20(17-24(25(23)34-7)28(4,5)6)26(31)30-14-12-19(13-15-30)18-35(32,33)22-10-8-21(29)9-11-22/h8-11,16-17,19H,12-15,18H2,1-7H3. The van der Waals surface area contributed by atoms with E-state index in [-0.39, 0.29) is 28.4 Å². The third-order valence-electron chi connectivity index (χ3n) is 6.69. The zero-order valence-electron chi connectivity index (χ0n) is 21.9. The van der Waals surface area contributed by atoms with Crippen LogP contribution in [0.3, 0.4) is 0 Å². The number of carbonyl (C=O) groups is 1. The second kappa shape index (κ2) is 10.1. The summed E-state index contributed by atoms with van der Waals surface area (Å²) in [5, 5.41) is 0.513. The van der Waals surface area contributed by atoms with Gasteiger partial charge in [-0.25, -0.2) is 8.42 Å². The molecular formula is C28H38ClNO4S. The fourth-order valence-electron chi connectivity index (χ4n) is 4.62. The molecule has 0 saturated carbocycles. The molecule has 5 nitrogen and oxygen atoms in total. The van der Waals surface area contributed by atoms with Crippen molar-refractivity contribution in [2.45, 2.75) is 70.1 Å². The van der Waals surface area contributed by atoms with Crippen molar-refractivity contribution in [3.63, 3.8) is 0 Å². The Bertz CT molecular complexity index is 1130. The van der Waals surface area contributed by atoms with Crippen molar-refractivity contribution >= 4 is 27.3 Å². The SMILES string of the molecule is COc1c(C(C)(C)C)cc(C(=O)N2CCC(CS(=O)(=O)c3ccc(Cl)cc3)CC2)cc1C(C)(C)C. The maximum Gasteiger partial charge on any atom is 0.253 e. The number of benzene rings is 2. The third-order valence-corrected chi connectivity index (χ3v) is 8.84. The predicted octanol–water partition coefficient (Wildman–Crippen LogP) is 6.27. The van der Waals surface area contributed by atoms with Crippen LogP contribution in [0.5, 0.6) is 5.75 Å². The van der Waals surface area contributed by atoms with Crippen molar-refractivity contribution in [1.82, 2.24) is 4.90 Å². The molecule has 2 aromatic rings. The highest BCUT2D eigenvalue weighted by atomic mass is 35.5. The van der Waals surface area contributed by atoms with Crippen LogP contribution in [-0.4, -0.2) is 45.2 Å². The van der Waals surface area contributed by atoms with E-state index in [9.17, 15) is 13.2 Å². The number of rotatable bonds is 5. The zero-order valence-corrected chi connectivity index (χ0v) is 23.5. The second-order valence-corrected chi connectivity index (χ2v) is 14.0. The number of halogens is 1. The van der Waals surface area contributed by atoms with Gasteiger partial charge in [0.15, 0.2) is 9.84 Å². The number of nitrogens with zero attached hydrogens (tertiary/aromatic N) is 1. The van der Waals surface area contributed by atoms with Crippen molar-refractivity contribution in [3.05, 3.63) is 58.1 Å². The van der Waals surface area contributed by atoms with Gasteiger partial charge in [0.25, 0.3) is 5.91 Å². The average Bonchev–Trinajstić information content (AvgIpc) is 2.77. The average molecular weight is 520 g/mol. The summed E-state index contributed by atoms with van der Waals surface area (Å²) in [7, 11) is -1.71. The van der Waals surface area contributed by atoms with E-state index in [0.717, 1.165) is 16.9 Å². The minimum atomic E-state index is -3.39. The Morgan fingerprint density at radius 1 is 0.971 bits per heavy atom. The van der Waals surface area contributed by atoms with Crippen LogP contribution in [0.15, 0.2) is 41.3 Å². The van der Waals surface area contributed by atoms with E-state index < -0.39 is 9.84 Å². The normalized spacial score (nSPS) is 15.8. The minimum absolute atomic E-state index is 0.0114. The second-order valence-electron chi connectivity index (χ2n) is 11.6. The molecule has 35 heavy (non-hydrogen) atoms. The van der Waals surface area contributed by atoms with Gasteiger partial charge in [0, 0.05) is 34.8 Å². The van der Waals surface area contributed by atoms with Crippen molar-refractivity contribution in [3.8, 4) is 5.75 Å². The molecule has 0 aliphatic carbocycles. The van der Waals surface area contributed by atoms with Gasteiger partial charge in [-0.2, -0.15) is 0 Å². The number of sulfone groups is 1. The van der Waals surface area contributed by atoms with E-state index in [1.807, 2.05) is 17.0 Å². The molecule has 192 valence electrons. The van der Waals surface area contributed by atoms with Crippen LogP contribution in [0.1, 0.15) is 75.9 Å². The van der Waals surface area contributed by atoms with E-state index in [1.165, 1.54) is 0 Å². The topological polar surface area (TPSA) is 63.7 Å². The predicted molar refractivity (Wildman–Crippen MR) is 143 cm³/mol. The molecule has 1 fully saturated rings. The number of methoxy groups -OCH3 is 1. The molecule has 0 bridgehead atoms. The number of carbonyl (C=O) groups excluding carboxylic acids is 1. The summed E-state index contributed by atoms with van der Waals surface area (Å²) >= 11 is 5.90. The third kappa shape index (κ3) is 6.39. The Kier molecular flexibility index (Phi) is 7.97. The highest BCUT2D eigenvalue weighted by Gasteiger charge is 2.32. The molecule has 0 N–H and O–H groups in total. The van der Waals surface area contributed by atoms with Gasteiger partial charge in [0.05, 0.1) is 17.8 Å². The van der Waals surface area contributed by atoms with Crippen LogP contribution in [0.4, 0.5) is 0 Å². The Labute approximate surface area is 215 Å². The molecule has 1 aliphatic rings. The van der Waals surface area contributed by atoms with E-state index in [4.69, 9.17) is 16.3 Å². The monoisotopic (exact) mass is 519 g/mol. The van der Waals surface area contributed by atoms with Gasteiger partial charge >= 0.3 is 0 Å². The Morgan fingerprint density at radius 3 is 1.89 bits per heavy atom. The van der Waals surface area contributed by atoms with Crippen molar-refractivity contribution in [2.75, 3.05) is 26.0 Å². The summed E-state index contributed by atoms with van der Waals surface area (Å²) in [4.78, 5) is 15.7.